The van der Waals surface area contributed by atoms with Gasteiger partial charge in [0, 0.05) is 24.0 Å². The van der Waals surface area contributed by atoms with Crippen LogP contribution in [0.25, 0.3) is 0 Å². The van der Waals surface area contributed by atoms with Crippen molar-refractivity contribution in [2.45, 2.75) is 65.0 Å². The van der Waals surface area contributed by atoms with Crippen LogP contribution < -0.4 is 9.62 Å². The summed E-state index contributed by atoms with van der Waals surface area (Å²) in [7, 11) is -3.82. The van der Waals surface area contributed by atoms with Gasteiger partial charge in [-0.3, -0.25) is 13.9 Å². The van der Waals surface area contributed by atoms with E-state index in [2.05, 4.69) is 42.0 Å². The van der Waals surface area contributed by atoms with Crippen LogP contribution in [0.15, 0.2) is 83.3 Å². The number of hydrogen-bond acceptors (Lipinski definition) is 4. The first-order valence-corrected chi connectivity index (χ1v) is 16.9. The van der Waals surface area contributed by atoms with E-state index in [-0.39, 0.29) is 24.3 Å². The first-order valence-electron chi connectivity index (χ1n) is 14.2. The zero-order chi connectivity index (χ0) is 30.9. The van der Waals surface area contributed by atoms with Crippen LogP contribution in [-0.4, -0.2) is 50.5 Å². The van der Waals surface area contributed by atoms with Crippen LogP contribution in [0.1, 0.15) is 57.2 Å². The van der Waals surface area contributed by atoms with Crippen molar-refractivity contribution < 1.29 is 18.0 Å². The van der Waals surface area contributed by atoms with Crippen molar-refractivity contribution in [3.8, 4) is 0 Å². The maximum absolute atomic E-state index is 14.2. The van der Waals surface area contributed by atoms with E-state index in [9.17, 15) is 18.0 Å². The fourth-order valence-corrected chi connectivity index (χ4v) is 5.93. The van der Waals surface area contributed by atoms with Gasteiger partial charge in [0.1, 0.15) is 12.6 Å². The maximum atomic E-state index is 14.2. The summed E-state index contributed by atoms with van der Waals surface area (Å²) in [6.07, 6.45) is 3.12. The summed E-state index contributed by atoms with van der Waals surface area (Å²) in [6, 6.07) is 23.5. The zero-order valence-corrected chi connectivity index (χ0v) is 27.5. The van der Waals surface area contributed by atoms with Crippen molar-refractivity contribution in [3.05, 3.63) is 100 Å². The molecule has 3 rings (SSSR count). The van der Waals surface area contributed by atoms with E-state index in [0.29, 0.717) is 12.2 Å². The van der Waals surface area contributed by atoms with Crippen molar-refractivity contribution in [1.82, 2.24) is 10.2 Å². The van der Waals surface area contributed by atoms with Gasteiger partial charge in [-0.2, -0.15) is 0 Å². The topological polar surface area (TPSA) is 86.8 Å². The Hall–Kier alpha value is -3.17. The molecule has 0 aromatic heterocycles. The van der Waals surface area contributed by atoms with E-state index in [4.69, 9.17) is 0 Å². The number of nitrogens with zero attached hydrogens (tertiary/aromatic N) is 2. The van der Waals surface area contributed by atoms with Crippen LogP contribution >= 0.6 is 15.9 Å². The first kappa shape index (κ1) is 33.3. The molecule has 0 fully saturated rings. The molecule has 9 heteroatoms. The highest BCUT2D eigenvalue weighted by Crippen LogP contribution is 2.26. The summed E-state index contributed by atoms with van der Waals surface area (Å²) in [4.78, 5) is 29.4. The number of carbonyl (C=O) groups is 2. The van der Waals surface area contributed by atoms with E-state index in [1.54, 1.807) is 12.1 Å². The molecule has 0 spiro atoms. The highest BCUT2D eigenvalue weighted by Gasteiger charge is 2.33. The summed E-state index contributed by atoms with van der Waals surface area (Å²) < 4.78 is 28.0. The minimum atomic E-state index is -3.82. The molecule has 3 aromatic rings. The number of sulfonamides is 1. The van der Waals surface area contributed by atoms with Crippen molar-refractivity contribution in [1.29, 1.82) is 0 Å². The number of carbonyl (C=O) groups excluding carboxylic acids is 2. The Morgan fingerprint density at radius 2 is 1.57 bits per heavy atom. The van der Waals surface area contributed by atoms with Gasteiger partial charge in [0.05, 0.1) is 11.9 Å². The van der Waals surface area contributed by atoms with E-state index in [1.807, 2.05) is 73.7 Å². The van der Waals surface area contributed by atoms with Crippen LogP contribution in [0.5, 0.6) is 0 Å². The molecule has 0 aliphatic heterocycles. The Balaban J connectivity index is 2.03. The highest BCUT2D eigenvalue weighted by molar-refractivity contribution is 9.10. The number of hydrogen-bond donors (Lipinski definition) is 1. The smallest absolute Gasteiger partial charge is 0.244 e. The molecule has 1 atom stereocenters. The number of nitrogens with one attached hydrogen (secondary N) is 1. The minimum Gasteiger partial charge on any atom is -0.354 e. The molecule has 226 valence electrons. The number of unbranched alkanes of at least 4 members (excludes halogenated alkanes) is 1. The molecule has 0 heterocycles. The normalized spacial score (nSPS) is 12.4. The van der Waals surface area contributed by atoms with Gasteiger partial charge in [-0.25, -0.2) is 8.42 Å². The van der Waals surface area contributed by atoms with Crippen molar-refractivity contribution >= 4 is 43.5 Å². The largest absolute Gasteiger partial charge is 0.354 e. The quantitative estimate of drug-likeness (QED) is 0.227. The highest BCUT2D eigenvalue weighted by atomic mass is 79.9. The molecule has 0 aliphatic carbocycles. The predicted molar refractivity (Wildman–Crippen MR) is 174 cm³/mol. The molecule has 0 radical (unpaired) electrons. The van der Waals surface area contributed by atoms with E-state index < -0.39 is 28.5 Å². The molecule has 0 aliphatic rings. The third-order valence-electron chi connectivity index (χ3n) is 7.04. The summed E-state index contributed by atoms with van der Waals surface area (Å²) in [5.74, 6) is -0.733. The van der Waals surface area contributed by atoms with E-state index >= 15 is 0 Å². The molecule has 0 bridgehead atoms. The van der Waals surface area contributed by atoms with Gasteiger partial charge < -0.3 is 10.2 Å². The Morgan fingerprint density at radius 1 is 0.929 bits per heavy atom. The molecule has 7 nitrogen and oxygen atoms in total. The van der Waals surface area contributed by atoms with Gasteiger partial charge in [-0.05, 0) is 52.8 Å². The molecule has 42 heavy (non-hydrogen) atoms. The monoisotopic (exact) mass is 655 g/mol. The van der Waals surface area contributed by atoms with Gasteiger partial charge in [0.2, 0.25) is 21.8 Å². The summed E-state index contributed by atoms with van der Waals surface area (Å²) in [5.41, 5.74) is 3.05. The van der Waals surface area contributed by atoms with E-state index in [0.717, 1.165) is 44.6 Å². The summed E-state index contributed by atoms with van der Waals surface area (Å²) in [6.45, 7) is 8.49. The Bertz CT molecular complexity index is 1440. The SMILES string of the molecule is CCCCNC(=O)[C@@H](Cc1ccccc1)N(Cc1cccc(Br)c1)C(=O)CN(c1ccc(C(C)(C)C)cc1)S(C)(=O)=O. The second-order valence-electron chi connectivity index (χ2n) is 11.6. The maximum Gasteiger partial charge on any atom is 0.244 e. The average molecular weight is 657 g/mol. The van der Waals surface area contributed by atoms with Crippen LogP contribution in [0.3, 0.4) is 0 Å². The lowest BCUT2D eigenvalue weighted by Crippen LogP contribution is -2.53. The predicted octanol–water partition coefficient (Wildman–Crippen LogP) is 6.07. The Kier molecular flexibility index (Phi) is 11.8. The lowest BCUT2D eigenvalue weighted by atomic mass is 9.87. The fourth-order valence-electron chi connectivity index (χ4n) is 4.63. The van der Waals surface area contributed by atoms with Crippen LogP contribution in [0.4, 0.5) is 5.69 Å². The van der Waals surface area contributed by atoms with Crippen molar-refractivity contribution in [3.63, 3.8) is 0 Å². The zero-order valence-electron chi connectivity index (χ0n) is 25.1. The fraction of sp³-hybridized carbons (Fsp3) is 0.394. The standard InChI is InChI=1S/C33H42BrN3O4S/c1-6-7-20-35-32(39)30(22-25-12-9-8-10-13-25)36(23-26-14-11-15-28(34)21-26)31(38)24-37(42(5,40)41)29-18-16-27(17-19-29)33(2,3)4/h8-19,21,30H,6-7,20,22-24H2,1-5H3,(H,35,39)/t30-/m1/s1. The van der Waals surface area contributed by atoms with Gasteiger partial charge in [0.25, 0.3) is 0 Å². The molecule has 2 amide bonds. The van der Waals surface area contributed by atoms with Crippen molar-refractivity contribution in [2.24, 2.45) is 0 Å². The molecule has 0 saturated carbocycles. The van der Waals surface area contributed by atoms with Gasteiger partial charge in [0.15, 0.2) is 0 Å². The van der Waals surface area contributed by atoms with Gasteiger partial charge in [-0.1, -0.05) is 105 Å². The minimum absolute atomic E-state index is 0.110. The number of anilines is 1. The lowest BCUT2D eigenvalue weighted by molar-refractivity contribution is -0.140. The molecular formula is C33H42BrN3O4S. The van der Waals surface area contributed by atoms with Gasteiger partial charge in [-0.15, -0.1) is 0 Å². The molecule has 0 unspecified atom stereocenters. The lowest BCUT2D eigenvalue weighted by Gasteiger charge is -2.33. The number of rotatable bonds is 13. The van der Waals surface area contributed by atoms with Crippen LogP contribution in [0.2, 0.25) is 0 Å². The second-order valence-corrected chi connectivity index (χ2v) is 14.4. The number of amides is 2. The first-order chi connectivity index (χ1) is 19.8. The summed E-state index contributed by atoms with van der Waals surface area (Å²) >= 11 is 3.50. The molecule has 3 aromatic carbocycles. The number of benzene rings is 3. The number of halogens is 1. The Morgan fingerprint density at radius 3 is 2.14 bits per heavy atom. The Labute approximate surface area is 259 Å². The molecular weight excluding hydrogens is 614 g/mol. The molecule has 0 saturated heterocycles. The van der Waals surface area contributed by atoms with Crippen LogP contribution in [-0.2, 0) is 38.0 Å². The summed E-state index contributed by atoms with van der Waals surface area (Å²) in [5, 5.41) is 3.00. The second kappa shape index (κ2) is 14.8. The van der Waals surface area contributed by atoms with Gasteiger partial charge >= 0.3 is 0 Å². The van der Waals surface area contributed by atoms with E-state index in [1.165, 1.54) is 4.90 Å². The van der Waals surface area contributed by atoms with Crippen molar-refractivity contribution in [2.75, 3.05) is 23.7 Å². The van der Waals surface area contributed by atoms with Crippen LogP contribution in [0, 0.1) is 0 Å². The average Bonchev–Trinajstić information content (AvgIpc) is 2.93. The third-order valence-corrected chi connectivity index (χ3v) is 8.68. The molecule has 1 N–H and O–H groups in total. The third kappa shape index (κ3) is 9.70.